The van der Waals surface area contributed by atoms with Crippen molar-refractivity contribution >= 4 is 5.91 Å². The largest absolute Gasteiger partial charge is 0.342 e. The lowest BCUT2D eigenvalue weighted by atomic mass is 9.81. The van der Waals surface area contributed by atoms with Crippen molar-refractivity contribution in [3.05, 3.63) is 0 Å². The molecule has 1 aliphatic carbocycles. The van der Waals surface area contributed by atoms with Gasteiger partial charge in [-0.15, -0.1) is 0 Å². The first kappa shape index (κ1) is 10.0. The summed E-state index contributed by atoms with van der Waals surface area (Å²) in [6.45, 7) is 6.52. The molecular weight excluding hydrogens is 174 g/mol. The maximum Gasteiger partial charge on any atom is 0.225 e. The molecule has 0 aromatic carbocycles. The standard InChI is InChI=1S/C12H21NO/c1-9-3-5-11(6-4-9)12(14)13-7-10(2)8-13/h9-11H,3-8H2,1-2H3. The molecule has 2 heteroatoms. The zero-order valence-corrected chi connectivity index (χ0v) is 9.33. The van der Waals surface area contributed by atoms with Gasteiger partial charge in [0.1, 0.15) is 0 Å². The van der Waals surface area contributed by atoms with Gasteiger partial charge < -0.3 is 4.90 Å². The second-order valence-electron chi connectivity index (χ2n) is 5.31. The average molecular weight is 195 g/mol. The van der Waals surface area contributed by atoms with Crippen molar-refractivity contribution in [3.63, 3.8) is 0 Å². The monoisotopic (exact) mass is 195 g/mol. The number of hydrogen-bond acceptors (Lipinski definition) is 1. The topological polar surface area (TPSA) is 20.3 Å². The summed E-state index contributed by atoms with van der Waals surface area (Å²) < 4.78 is 0. The lowest BCUT2D eigenvalue weighted by Gasteiger charge is -2.40. The summed E-state index contributed by atoms with van der Waals surface area (Å²) in [4.78, 5) is 14.0. The molecule has 0 bridgehead atoms. The van der Waals surface area contributed by atoms with Gasteiger partial charge in [-0.25, -0.2) is 0 Å². The molecule has 2 fully saturated rings. The highest BCUT2D eigenvalue weighted by Gasteiger charge is 2.33. The minimum Gasteiger partial charge on any atom is -0.342 e. The van der Waals surface area contributed by atoms with Crippen molar-refractivity contribution in [1.29, 1.82) is 0 Å². The van der Waals surface area contributed by atoms with E-state index in [-0.39, 0.29) is 0 Å². The number of likely N-dealkylation sites (tertiary alicyclic amines) is 1. The smallest absolute Gasteiger partial charge is 0.225 e. The van der Waals surface area contributed by atoms with Crippen LogP contribution in [0.3, 0.4) is 0 Å². The highest BCUT2D eigenvalue weighted by Crippen LogP contribution is 2.31. The van der Waals surface area contributed by atoms with Gasteiger partial charge in [0.2, 0.25) is 5.91 Å². The van der Waals surface area contributed by atoms with Crippen molar-refractivity contribution in [2.24, 2.45) is 17.8 Å². The quantitative estimate of drug-likeness (QED) is 0.628. The highest BCUT2D eigenvalue weighted by atomic mass is 16.2. The van der Waals surface area contributed by atoms with E-state index in [1.807, 2.05) is 4.90 Å². The molecule has 0 atom stereocenters. The summed E-state index contributed by atoms with van der Waals surface area (Å²) in [6.07, 6.45) is 4.76. The van der Waals surface area contributed by atoms with Crippen LogP contribution in [0.25, 0.3) is 0 Å². The molecule has 1 saturated heterocycles. The van der Waals surface area contributed by atoms with E-state index >= 15 is 0 Å². The van der Waals surface area contributed by atoms with Crippen LogP contribution >= 0.6 is 0 Å². The van der Waals surface area contributed by atoms with Crippen LogP contribution in [-0.2, 0) is 4.79 Å². The van der Waals surface area contributed by atoms with E-state index in [1.54, 1.807) is 0 Å². The minimum absolute atomic E-state index is 0.360. The Morgan fingerprint density at radius 2 is 1.57 bits per heavy atom. The number of carbonyl (C=O) groups is 1. The van der Waals surface area contributed by atoms with E-state index in [1.165, 1.54) is 12.8 Å². The molecule has 1 amide bonds. The maximum atomic E-state index is 12.0. The normalized spacial score (nSPS) is 34.0. The van der Waals surface area contributed by atoms with Crippen LogP contribution in [0.2, 0.25) is 0 Å². The Balaban J connectivity index is 1.81. The van der Waals surface area contributed by atoms with Crippen molar-refractivity contribution in [3.8, 4) is 0 Å². The first-order valence-electron chi connectivity index (χ1n) is 5.95. The summed E-state index contributed by atoms with van der Waals surface area (Å²) in [5.41, 5.74) is 0. The van der Waals surface area contributed by atoms with Gasteiger partial charge in [-0.3, -0.25) is 4.79 Å². The Bertz CT molecular complexity index is 212. The van der Waals surface area contributed by atoms with Crippen LogP contribution < -0.4 is 0 Å². The van der Waals surface area contributed by atoms with E-state index in [4.69, 9.17) is 0 Å². The molecule has 14 heavy (non-hydrogen) atoms. The van der Waals surface area contributed by atoms with Crippen LogP contribution in [0, 0.1) is 17.8 Å². The molecule has 2 aliphatic rings. The predicted octanol–water partition coefficient (Wildman–Crippen LogP) is 2.29. The van der Waals surface area contributed by atoms with Gasteiger partial charge in [-0.2, -0.15) is 0 Å². The molecule has 2 nitrogen and oxygen atoms in total. The van der Waals surface area contributed by atoms with Gasteiger partial charge >= 0.3 is 0 Å². The molecule has 0 aromatic rings. The molecule has 1 heterocycles. The Kier molecular flexibility index (Phi) is 2.80. The van der Waals surface area contributed by atoms with Gasteiger partial charge in [0.15, 0.2) is 0 Å². The van der Waals surface area contributed by atoms with Gasteiger partial charge in [0, 0.05) is 19.0 Å². The molecule has 0 aromatic heterocycles. The van der Waals surface area contributed by atoms with Crippen LogP contribution in [0.1, 0.15) is 39.5 Å². The van der Waals surface area contributed by atoms with Crippen LogP contribution in [0.5, 0.6) is 0 Å². The fourth-order valence-electron chi connectivity index (χ4n) is 2.64. The van der Waals surface area contributed by atoms with Crippen molar-refractivity contribution in [2.75, 3.05) is 13.1 Å². The number of amides is 1. The predicted molar refractivity (Wildman–Crippen MR) is 56.9 cm³/mol. The van der Waals surface area contributed by atoms with E-state index in [0.29, 0.717) is 11.8 Å². The lowest BCUT2D eigenvalue weighted by Crippen LogP contribution is -2.51. The zero-order chi connectivity index (χ0) is 10.1. The first-order chi connectivity index (χ1) is 6.66. The molecule has 0 radical (unpaired) electrons. The fraction of sp³-hybridized carbons (Fsp3) is 0.917. The van der Waals surface area contributed by atoms with E-state index in [9.17, 15) is 4.79 Å². The summed E-state index contributed by atoms with van der Waals surface area (Å²) in [5, 5.41) is 0. The van der Waals surface area contributed by atoms with E-state index < -0.39 is 0 Å². The Morgan fingerprint density at radius 3 is 2.07 bits per heavy atom. The third-order valence-electron chi connectivity index (χ3n) is 3.74. The van der Waals surface area contributed by atoms with Gasteiger partial charge in [-0.1, -0.05) is 13.8 Å². The number of hydrogen-bond donors (Lipinski definition) is 0. The molecule has 80 valence electrons. The minimum atomic E-state index is 0.360. The molecule has 0 unspecified atom stereocenters. The van der Waals surface area contributed by atoms with E-state index in [2.05, 4.69) is 13.8 Å². The molecule has 0 N–H and O–H groups in total. The molecule has 1 saturated carbocycles. The summed E-state index contributed by atoms with van der Waals surface area (Å²) >= 11 is 0. The zero-order valence-electron chi connectivity index (χ0n) is 9.33. The number of nitrogens with zero attached hydrogens (tertiary/aromatic N) is 1. The van der Waals surface area contributed by atoms with Crippen molar-refractivity contribution in [1.82, 2.24) is 4.90 Å². The Morgan fingerprint density at radius 1 is 1.00 bits per heavy atom. The van der Waals surface area contributed by atoms with E-state index in [0.717, 1.165) is 37.8 Å². The molecule has 1 aliphatic heterocycles. The fourth-order valence-corrected chi connectivity index (χ4v) is 2.64. The summed E-state index contributed by atoms with van der Waals surface area (Å²) in [5.74, 6) is 2.38. The summed E-state index contributed by atoms with van der Waals surface area (Å²) in [6, 6.07) is 0. The molecule has 0 spiro atoms. The second-order valence-corrected chi connectivity index (χ2v) is 5.31. The number of rotatable bonds is 1. The van der Waals surface area contributed by atoms with Gasteiger partial charge in [0.05, 0.1) is 0 Å². The maximum absolute atomic E-state index is 12.0. The van der Waals surface area contributed by atoms with Gasteiger partial charge in [-0.05, 0) is 37.5 Å². The van der Waals surface area contributed by atoms with Crippen LogP contribution in [0.15, 0.2) is 0 Å². The third-order valence-corrected chi connectivity index (χ3v) is 3.74. The first-order valence-corrected chi connectivity index (χ1v) is 5.95. The van der Waals surface area contributed by atoms with Crippen LogP contribution in [0.4, 0.5) is 0 Å². The third kappa shape index (κ3) is 1.94. The Hall–Kier alpha value is -0.530. The van der Waals surface area contributed by atoms with Crippen molar-refractivity contribution < 1.29 is 4.79 Å². The molecule has 2 rings (SSSR count). The Labute approximate surface area is 86.7 Å². The second kappa shape index (κ2) is 3.92. The molecular formula is C12H21NO. The van der Waals surface area contributed by atoms with Gasteiger partial charge in [0.25, 0.3) is 0 Å². The highest BCUT2D eigenvalue weighted by molar-refractivity contribution is 5.79. The lowest BCUT2D eigenvalue weighted by molar-refractivity contribution is -0.142. The summed E-state index contributed by atoms with van der Waals surface area (Å²) in [7, 11) is 0. The van der Waals surface area contributed by atoms with Crippen molar-refractivity contribution in [2.45, 2.75) is 39.5 Å². The average Bonchev–Trinajstić information content (AvgIpc) is 2.13. The SMILES string of the molecule is CC1CCC(C(=O)N2CC(C)C2)CC1. The number of carbonyl (C=O) groups excluding carboxylic acids is 1. The van der Waals surface area contributed by atoms with Crippen LogP contribution in [-0.4, -0.2) is 23.9 Å².